The molecule has 28 heavy (non-hydrogen) atoms. The number of ether oxygens (including phenoxy) is 1. The van der Waals surface area contributed by atoms with Gasteiger partial charge in [0.15, 0.2) is 0 Å². The maximum absolute atomic E-state index is 11.4. The highest BCUT2D eigenvalue weighted by molar-refractivity contribution is 6.31. The van der Waals surface area contributed by atoms with Gasteiger partial charge in [0, 0.05) is 35.5 Å². The van der Waals surface area contributed by atoms with Crippen LogP contribution in [0, 0.1) is 10.1 Å². The van der Waals surface area contributed by atoms with Gasteiger partial charge in [-0.1, -0.05) is 23.1 Å². The van der Waals surface area contributed by atoms with Crippen molar-refractivity contribution in [1.29, 1.82) is 0 Å². The molecule has 6 nitrogen and oxygen atoms in total. The molecule has 1 atom stereocenters. The van der Waals surface area contributed by atoms with Crippen molar-refractivity contribution in [3.05, 3.63) is 81.1 Å². The molecule has 0 spiro atoms. The van der Waals surface area contributed by atoms with Gasteiger partial charge in [-0.25, -0.2) is 4.98 Å². The molecule has 0 amide bonds. The van der Waals surface area contributed by atoms with E-state index in [0.717, 1.165) is 17.3 Å². The first-order valence-electron chi connectivity index (χ1n) is 8.82. The van der Waals surface area contributed by atoms with Gasteiger partial charge in [0.05, 0.1) is 17.0 Å². The number of fused-ring (bicyclic) bond motifs is 1. The Kier molecular flexibility index (Phi) is 6.04. The van der Waals surface area contributed by atoms with E-state index in [4.69, 9.17) is 24.2 Å². The second kappa shape index (κ2) is 8.48. The van der Waals surface area contributed by atoms with Crippen molar-refractivity contribution >= 4 is 30.4 Å². The van der Waals surface area contributed by atoms with Crippen LogP contribution in [0.25, 0.3) is 10.9 Å². The van der Waals surface area contributed by atoms with Crippen molar-refractivity contribution in [3.8, 4) is 5.88 Å². The van der Waals surface area contributed by atoms with E-state index in [9.17, 15) is 10.1 Å². The Morgan fingerprint density at radius 1 is 1.46 bits per heavy atom. The average molecular weight is 396 g/mol. The molecule has 1 unspecified atom stereocenters. The maximum atomic E-state index is 11.4. The molecule has 2 aromatic rings. The van der Waals surface area contributed by atoms with Crippen LogP contribution < -0.4 is 4.74 Å². The van der Waals surface area contributed by atoms with E-state index in [1.807, 2.05) is 23.1 Å². The van der Waals surface area contributed by atoms with Crippen LogP contribution in [0.3, 0.4) is 0 Å². The Hall–Kier alpha value is -2.80. The number of halogens is 1. The predicted molar refractivity (Wildman–Crippen MR) is 111 cm³/mol. The normalized spacial score (nSPS) is 17.8. The minimum atomic E-state index is -0.447. The molecule has 1 aliphatic heterocycles. The SMILES string of the molecule is [B]C(=C)/C=C(\C(=C/C)N1CCC(Oc2ccc3cc(Cl)ccc3n2)C1)[N+](=O)[O-]. The van der Waals surface area contributed by atoms with E-state index in [2.05, 4.69) is 11.6 Å². The predicted octanol–water partition coefficient (Wildman–Crippen LogP) is 4.09. The first-order valence-corrected chi connectivity index (χ1v) is 9.20. The highest BCUT2D eigenvalue weighted by Gasteiger charge is 2.30. The summed E-state index contributed by atoms with van der Waals surface area (Å²) in [6.07, 6.45) is 3.59. The number of allylic oxidation sites excluding steroid dienone is 3. The van der Waals surface area contributed by atoms with Crippen molar-refractivity contribution in [3.63, 3.8) is 0 Å². The smallest absolute Gasteiger partial charge is 0.291 e. The van der Waals surface area contributed by atoms with E-state index in [0.29, 0.717) is 29.7 Å². The molecule has 142 valence electrons. The van der Waals surface area contributed by atoms with Gasteiger partial charge in [-0.3, -0.25) is 10.1 Å². The van der Waals surface area contributed by atoms with Gasteiger partial charge >= 0.3 is 0 Å². The largest absolute Gasteiger partial charge is 0.472 e. The molecule has 1 aromatic heterocycles. The minimum Gasteiger partial charge on any atom is -0.472 e. The standard InChI is InChI=1S/C20H19BClN3O3/c1-3-18(19(25(26)27)10-13(2)21)24-9-8-16(12-24)28-20-7-4-14-11-15(22)5-6-17(14)23-20/h3-7,10-11,16H,2,8-9,12H2,1H3/b18-3+,19-10+. The van der Waals surface area contributed by atoms with Crippen LogP contribution in [0.4, 0.5) is 0 Å². The zero-order chi connectivity index (χ0) is 20.3. The second-order valence-corrected chi connectivity index (χ2v) is 6.93. The molecular formula is C20H19BClN3O3. The molecule has 2 radical (unpaired) electrons. The number of hydrogen-bond acceptors (Lipinski definition) is 5. The molecule has 0 aliphatic carbocycles. The van der Waals surface area contributed by atoms with Crippen LogP contribution in [-0.4, -0.2) is 41.8 Å². The fourth-order valence-electron chi connectivity index (χ4n) is 3.25. The van der Waals surface area contributed by atoms with E-state index in [1.165, 1.54) is 6.08 Å². The van der Waals surface area contributed by atoms with E-state index in [-0.39, 0.29) is 17.3 Å². The molecular weight excluding hydrogens is 377 g/mol. The molecule has 1 aliphatic rings. The number of aromatic nitrogens is 1. The summed E-state index contributed by atoms with van der Waals surface area (Å²) >= 11 is 6.00. The van der Waals surface area contributed by atoms with Crippen LogP contribution in [0.1, 0.15) is 13.3 Å². The Morgan fingerprint density at radius 2 is 2.25 bits per heavy atom. The van der Waals surface area contributed by atoms with Crippen LogP contribution in [0.5, 0.6) is 5.88 Å². The summed E-state index contributed by atoms with van der Waals surface area (Å²) in [7, 11) is 5.54. The lowest BCUT2D eigenvalue weighted by molar-refractivity contribution is -0.422. The number of nitrogens with zero attached hydrogens (tertiary/aromatic N) is 3. The van der Waals surface area contributed by atoms with Crippen LogP contribution >= 0.6 is 11.6 Å². The monoisotopic (exact) mass is 395 g/mol. The lowest BCUT2D eigenvalue weighted by Crippen LogP contribution is -2.27. The Bertz CT molecular complexity index is 990. The zero-order valence-corrected chi connectivity index (χ0v) is 16.2. The van der Waals surface area contributed by atoms with Crippen molar-refractivity contribution in [2.45, 2.75) is 19.4 Å². The highest BCUT2D eigenvalue weighted by atomic mass is 35.5. The quantitative estimate of drug-likeness (QED) is 0.319. The molecule has 3 rings (SSSR count). The first-order chi connectivity index (χ1) is 13.4. The lowest BCUT2D eigenvalue weighted by atomic mass is 9.96. The third kappa shape index (κ3) is 4.54. The van der Waals surface area contributed by atoms with Gasteiger partial charge in [0.25, 0.3) is 5.70 Å². The Labute approximate surface area is 169 Å². The Balaban J connectivity index is 1.73. The van der Waals surface area contributed by atoms with Gasteiger partial charge in [0.1, 0.15) is 19.6 Å². The maximum Gasteiger partial charge on any atom is 0.291 e. The second-order valence-electron chi connectivity index (χ2n) is 6.50. The highest BCUT2D eigenvalue weighted by Crippen LogP contribution is 2.26. The van der Waals surface area contributed by atoms with Crippen LogP contribution in [-0.2, 0) is 0 Å². The first kappa shape index (κ1) is 20.0. The zero-order valence-electron chi connectivity index (χ0n) is 15.5. The van der Waals surface area contributed by atoms with Crippen LogP contribution in [0.2, 0.25) is 5.02 Å². The minimum absolute atomic E-state index is 0.0728. The number of rotatable bonds is 6. The average Bonchev–Trinajstić information content (AvgIpc) is 3.09. The summed E-state index contributed by atoms with van der Waals surface area (Å²) < 4.78 is 6.02. The third-order valence-corrected chi connectivity index (χ3v) is 4.69. The van der Waals surface area contributed by atoms with Gasteiger partial charge in [-0.05, 0) is 31.2 Å². The van der Waals surface area contributed by atoms with Gasteiger partial charge < -0.3 is 9.64 Å². The summed E-state index contributed by atoms with van der Waals surface area (Å²) in [5.74, 6) is 0.518. The molecule has 0 N–H and O–H groups in total. The topological polar surface area (TPSA) is 68.5 Å². The number of likely N-dealkylation sites (tertiary alicyclic amines) is 1. The fraction of sp³-hybridized carbons (Fsp3) is 0.250. The lowest BCUT2D eigenvalue weighted by Gasteiger charge is -2.20. The van der Waals surface area contributed by atoms with E-state index in [1.54, 1.807) is 25.1 Å². The fourth-order valence-corrected chi connectivity index (χ4v) is 3.43. The van der Waals surface area contributed by atoms with Crippen molar-refractivity contribution < 1.29 is 9.66 Å². The molecule has 0 saturated carbocycles. The van der Waals surface area contributed by atoms with Gasteiger partial charge in [-0.2, -0.15) is 0 Å². The van der Waals surface area contributed by atoms with Crippen molar-refractivity contribution in [2.75, 3.05) is 13.1 Å². The summed E-state index contributed by atoms with van der Waals surface area (Å²) in [5, 5.41) is 13.0. The van der Waals surface area contributed by atoms with Gasteiger partial charge in [-0.15, -0.1) is 6.58 Å². The molecule has 1 saturated heterocycles. The van der Waals surface area contributed by atoms with E-state index < -0.39 is 4.92 Å². The molecule has 0 bridgehead atoms. The van der Waals surface area contributed by atoms with E-state index >= 15 is 0 Å². The van der Waals surface area contributed by atoms with Crippen molar-refractivity contribution in [2.24, 2.45) is 0 Å². The molecule has 1 aromatic carbocycles. The number of hydrogen-bond donors (Lipinski definition) is 0. The Morgan fingerprint density at radius 3 is 2.93 bits per heavy atom. The summed E-state index contributed by atoms with van der Waals surface area (Å²) in [6.45, 7) is 6.44. The summed E-state index contributed by atoms with van der Waals surface area (Å²) in [6, 6.07) is 9.19. The number of nitro groups is 1. The van der Waals surface area contributed by atoms with Gasteiger partial charge in [0.2, 0.25) is 5.88 Å². The van der Waals surface area contributed by atoms with Crippen molar-refractivity contribution in [1.82, 2.24) is 9.88 Å². The molecule has 1 fully saturated rings. The summed E-state index contributed by atoms with van der Waals surface area (Å²) in [4.78, 5) is 17.4. The number of pyridine rings is 1. The summed E-state index contributed by atoms with van der Waals surface area (Å²) in [5.41, 5.74) is 1.37. The third-order valence-electron chi connectivity index (χ3n) is 4.45. The molecule has 8 heteroatoms. The molecule has 2 heterocycles. The number of benzene rings is 1. The van der Waals surface area contributed by atoms with Crippen LogP contribution in [0.15, 0.2) is 65.9 Å².